The van der Waals surface area contributed by atoms with Gasteiger partial charge in [-0.05, 0) is 30.4 Å². The van der Waals surface area contributed by atoms with Gasteiger partial charge in [-0.3, -0.25) is 14.4 Å². The molecule has 1 N–H and O–H groups in total. The minimum Gasteiger partial charge on any atom is -0.455 e. The summed E-state index contributed by atoms with van der Waals surface area (Å²) in [6.45, 7) is 2.48. The van der Waals surface area contributed by atoms with E-state index >= 15 is 0 Å². The van der Waals surface area contributed by atoms with E-state index in [4.69, 9.17) is 16.3 Å². The van der Waals surface area contributed by atoms with E-state index < -0.39 is 11.9 Å². The van der Waals surface area contributed by atoms with Gasteiger partial charge in [0.15, 0.2) is 6.61 Å². The van der Waals surface area contributed by atoms with E-state index in [0.717, 1.165) is 24.8 Å². The van der Waals surface area contributed by atoms with Gasteiger partial charge in [-0.15, -0.1) is 0 Å². The maximum Gasteiger partial charge on any atom is 0.311 e. The molecule has 1 aromatic rings. The van der Waals surface area contributed by atoms with Gasteiger partial charge < -0.3 is 15.0 Å². The number of ether oxygens (including phenoxy) is 1. The molecule has 0 radical (unpaired) electrons. The smallest absolute Gasteiger partial charge is 0.311 e. The average molecular weight is 407 g/mol. The monoisotopic (exact) mass is 406 g/mol. The predicted octanol–water partition coefficient (Wildman–Crippen LogP) is 2.93. The Kier molecular flexibility index (Phi) is 6.94. The third-order valence-corrected chi connectivity index (χ3v) is 6.04. The summed E-state index contributed by atoms with van der Waals surface area (Å²) in [5.41, 5.74) is 0.840. The summed E-state index contributed by atoms with van der Waals surface area (Å²) in [6, 6.07) is 7.47. The Labute approximate surface area is 170 Å². The van der Waals surface area contributed by atoms with Crippen molar-refractivity contribution in [3.8, 4) is 0 Å². The number of carbonyl (C=O) groups is 3. The van der Waals surface area contributed by atoms with E-state index in [0.29, 0.717) is 17.5 Å². The van der Waals surface area contributed by atoms with E-state index in [1.54, 1.807) is 11.0 Å². The van der Waals surface area contributed by atoms with Crippen LogP contribution in [0.4, 0.5) is 0 Å². The van der Waals surface area contributed by atoms with Gasteiger partial charge in [0.25, 0.3) is 5.91 Å². The lowest BCUT2D eigenvalue weighted by Crippen LogP contribution is -2.43. The highest BCUT2D eigenvalue weighted by molar-refractivity contribution is 6.31. The zero-order chi connectivity index (χ0) is 20.1. The van der Waals surface area contributed by atoms with Crippen molar-refractivity contribution in [2.75, 3.05) is 13.2 Å². The van der Waals surface area contributed by atoms with Crippen molar-refractivity contribution in [3.05, 3.63) is 34.9 Å². The van der Waals surface area contributed by atoms with Gasteiger partial charge in [0, 0.05) is 30.6 Å². The molecular formula is C21H27ClN2O4. The van der Waals surface area contributed by atoms with Gasteiger partial charge in [-0.1, -0.05) is 49.6 Å². The molecule has 3 atom stereocenters. The molecule has 7 heteroatoms. The molecule has 1 saturated carbocycles. The Morgan fingerprint density at radius 3 is 2.75 bits per heavy atom. The summed E-state index contributed by atoms with van der Waals surface area (Å²) in [4.78, 5) is 38.3. The van der Waals surface area contributed by atoms with Gasteiger partial charge in [-0.25, -0.2) is 0 Å². The largest absolute Gasteiger partial charge is 0.455 e. The molecule has 2 fully saturated rings. The third-order valence-electron chi connectivity index (χ3n) is 5.67. The fourth-order valence-corrected chi connectivity index (χ4v) is 4.14. The lowest BCUT2D eigenvalue weighted by Gasteiger charge is -2.29. The van der Waals surface area contributed by atoms with E-state index in [1.807, 2.05) is 18.2 Å². The van der Waals surface area contributed by atoms with Crippen LogP contribution in [-0.2, 0) is 25.7 Å². The first-order chi connectivity index (χ1) is 13.4. The molecule has 6 nitrogen and oxygen atoms in total. The number of rotatable bonds is 6. The van der Waals surface area contributed by atoms with Crippen LogP contribution >= 0.6 is 11.6 Å². The van der Waals surface area contributed by atoms with Gasteiger partial charge in [0.2, 0.25) is 5.91 Å². The highest BCUT2D eigenvalue weighted by atomic mass is 35.5. The molecule has 1 saturated heterocycles. The fourth-order valence-electron chi connectivity index (χ4n) is 3.95. The zero-order valence-corrected chi connectivity index (χ0v) is 16.9. The Morgan fingerprint density at radius 2 is 2.00 bits per heavy atom. The summed E-state index contributed by atoms with van der Waals surface area (Å²) in [5.74, 6) is -0.982. The van der Waals surface area contributed by atoms with Gasteiger partial charge in [0.1, 0.15) is 0 Å². The molecule has 2 aliphatic rings. The number of likely N-dealkylation sites (tertiary alicyclic amines) is 1. The first-order valence-corrected chi connectivity index (χ1v) is 10.3. The Morgan fingerprint density at radius 1 is 1.25 bits per heavy atom. The molecule has 0 aromatic heterocycles. The number of hydrogen-bond donors (Lipinski definition) is 1. The molecule has 1 heterocycles. The summed E-state index contributed by atoms with van der Waals surface area (Å²) >= 11 is 6.15. The number of esters is 1. The summed E-state index contributed by atoms with van der Waals surface area (Å²) < 4.78 is 5.18. The van der Waals surface area contributed by atoms with Gasteiger partial charge >= 0.3 is 5.97 Å². The standard InChI is InChI=1S/C21H27ClN2O4/c1-14-6-2-5-9-18(14)23-19(25)13-28-21(27)16-10-20(26)24(12-16)11-15-7-3-4-8-17(15)22/h3-4,7-8,14,16,18H,2,5-6,9-13H2,1H3,(H,23,25)/t14-,16+,18+/m0/s1. The molecular weight excluding hydrogens is 380 g/mol. The molecule has 0 bridgehead atoms. The molecule has 0 spiro atoms. The van der Waals surface area contributed by atoms with Crippen molar-refractivity contribution >= 4 is 29.4 Å². The van der Waals surface area contributed by atoms with Crippen molar-refractivity contribution in [1.82, 2.24) is 10.2 Å². The maximum absolute atomic E-state index is 12.3. The average Bonchev–Trinajstić information content (AvgIpc) is 3.04. The molecule has 152 valence electrons. The first kappa shape index (κ1) is 20.6. The third kappa shape index (κ3) is 5.25. The lowest BCUT2D eigenvalue weighted by molar-refractivity contribution is -0.152. The quantitative estimate of drug-likeness (QED) is 0.737. The molecule has 1 aliphatic heterocycles. The van der Waals surface area contributed by atoms with E-state index in [9.17, 15) is 14.4 Å². The van der Waals surface area contributed by atoms with Crippen molar-refractivity contribution < 1.29 is 19.1 Å². The topological polar surface area (TPSA) is 75.7 Å². The fraction of sp³-hybridized carbons (Fsp3) is 0.571. The zero-order valence-electron chi connectivity index (χ0n) is 16.2. The summed E-state index contributed by atoms with van der Waals surface area (Å²) in [7, 11) is 0. The van der Waals surface area contributed by atoms with Crippen LogP contribution in [0.1, 0.15) is 44.6 Å². The normalized spacial score (nSPS) is 24.9. The highest BCUT2D eigenvalue weighted by Gasteiger charge is 2.36. The molecule has 2 amide bonds. The Balaban J connectivity index is 1.45. The van der Waals surface area contributed by atoms with Crippen molar-refractivity contribution in [3.63, 3.8) is 0 Å². The Bertz CT molecular complexity index is 739. The van der Waals surface area contributed by atoms with E-state index in [-0.39, 0.29) is 37.4 Å². The molecule has 28 heavy (non-hydrogen) atoms. The lowest BCUT2D eigenvalue weighted by atomic mass is 9.86. The minimum absolute atomic E-state index is 0.102. The second-order valence-corrected chi connectivity index (χ2v) is 8.22. The van der Waals surface area contributed by atoms with Crippen LogP contribution in [0.2, 0.25) is 5.02 Å². The number of halogens is 1. The predicted molar refractivity (Wildman–Crippen MR) is 105 cm³/mol. The van der Waals surface area contributed by atoms with Crippen LogP contribution in [0.15, 0.2) is 24.3 Å². The SMILES string of the molecule is C[C@H]1CCCC[C@H]1NC(=O)COC(=O)[C@@H]1CC(=O)N(Cc2ccccc2Cl)C1. The number of benzene rings is 1. The summed E-state index contributed by atoms with van der Waals surface area (Å²) in [5, 5.41) is 3.56. The van der Waals surface area contributed by atoms with Crippen molar-refractivity contribution in [2.45, 2.75) is 51.6 Å². The minimum atomic E-state index is -0.545. The van der Waals surface area contributed by atoms with E-state index in [1.165, 1.54) is 6.42 Å². The second kappa shape index (κ2) is 9.41. The first-order valence-electron chi connectivity index (χ1n) is 9.91. The van der Waals surface area contributed by atoms with Crippen LogP contribution < -0.4 is 5.32 Å². The van der Waals surface area contributed by atoms with Crippen LogP contribution in [0.3, 0.4) is 0 Å². The number of hydrogen-bond acceptors (Lipinski definition) is 4. The molecule has 1 aromatic carbocycles. The maximum atomic E-state index is 12.3. The Hall–Kier alpha value is -2.08. The highest BCUT2D eigenvalue weighted by Crippen LogP contribution is 2.25. The van der Waals surface area contributed by atoms with Crippen molar-refractivity contribution in [2.24, 2.45) is 11.8 Å². The molecule has 0 unspecified atom stereocenters. The van der Waals surface area contributed by atoms with Crippen molar-refractivity contribution in [1.29, 1.82) is 0 Å². The van der Waals surface area contributed by atoms with Crippen LogP contribution in [0.25, 0.3) is 0 Å². The van der Waals surface area contributed by atoms with Crippen LogP contribution in [0, 0.1) is 11.8 Å². The van der Waals surface area contributed by atoms with Crippen LogP contribution in [0.5, 0.6) is 0 Å². The van der Waals surface area contributed by atoms with Gasteiger partial charge in [0.05, 0.1) is 5.92 Å². The number of nitrogens with one attached hydrogen (secondary N) is 1. The van der Waals surface area contributed by atoms with Crippen LogP contribution in [-0.4, -0.2) is 41.9 Å². The number of carbonyl (C=O) groups excluding carboxylic acids is 3. The number of nitrogens with zero attached hydrogens (tertiary/aromatic N) is 1. The molecule has 1 aliphatic carbocycles. The number of amides is 2. The second-order valence-electron chi connectivity index (χ2n) is 7.81. The molecule has 3 rings (SSSR count). The summed E-state index contributed by atoms with van der Waals surface area (Å²) in [6.07, 6.45) is 4.49. The van der Waals surface area contributed by atoms with E-state index in [2.05, 4.69) is 12.2 Å². The van der Waals surface area contributed by atoms with Gasteiger partial charge in [-0.2, -0.15) is 0 Å².